The van der Waals surface area contributed by atoms with Gasteiger partial charge in [0.15, 0.2) is 0 Å². The maximum absolute atomic E-state index is 5.93. The van der Waals surface area contributed by atoms with E-state index in [1.54, 1.807) is 0 Å². The van der Waals surface area contributed by atoms with Crippen molar-refractivity contribution >= 4 is 0 Å². The molecule has 1 aliphatic carbocycles. The minimum absolute atomic E-state index is 0.472. The van der Waals surface area contributed by atoms with Gasteiger partial charge in [-0.3, -0.25) is 0 Å². The van der Waals surface area contributed by atoms with Crippen molar-refractivity contribution in [3.63, 3.8) is 0 Å². The Morgan fingerprint density at radius 1 is 0.700 bits per heavy atom. The number of allylic oxidation sites excluding steroid dienone is 2. The summed E-state index contributed by atoms with van der Waals surface area (Å²) in [6.07, 6.45) is 16.5. The molecule has 0 aliphatic heterocycles. The second-order valence-electron chi connectivity index (χ2n) is 5.71. The minimum Gasteiger partial charge on any atom is -0.378 e. The zero-order valence-electron chi connectivity index (χ0n) is 13.0. The van der Waals surface area contributed by atoms with Crippen LogP contribution in [0.4, 0.5) is 0 Å². The third-order valence-corrected chi connectivity index (χ3v) is 3.93. The number of ether oxygens (including phenoxy) is 2. The molecule has 2 nitrogen and oxygen atoms in total. The minimum atomic E-state index is 0.472. The lowest BCUT2D eigenvalue weighted by atomic mass is 9.95. The van der Waals surface area contributed by atoms with Crippen LogP contribution in [0, 0.1) is 0 Å². The molecule has 0 heterocycles. The molecular formula is C18H32O2. The lowest BCUT2D eigenvalue weighted by Gasteiger charge is -2.28. The molecule has 1 fully saturated rings. The molecule has 2 heteroatoms. The van der Waals surface area contributed by atoms with Gasteiger partial charge < -0.3 is 9.47 Å². The molecule has 0 radical (unpaired) electrons. The highest BCUT2D eigenvalue weighted by molar-refractivity contribution is 4.73. The van der Waals surface area contributed by atoms with Crippen LogP contribution in [-0.2, 0) is 9.47 Å². The van der Waals surface area contributed by atoms with Gasteiger partial charge >= 0.3 is 0 Å². The van der Waals surface area contributed by atoms with E-state index < -0.39 is 0 Å². The van der Waals surface area contributed by atoms with Crippen molar-refractivity contribution in [1.82, 2.24) is 0 Å². The van der Waals surface area contributed by atoms with Gasteiger partial charge in [0.1, 0.15) is 0 Å². The Bertz CT molecular complexity index is 216. The van der Waals surface area contributed by atoms with Gasteiger partial charge in [0, 0.05) is 13.2 Å². The van der Waals surface area contributed by atoms with E-state index in [1.165, 1.54) is 38.5 Å². The number of unbranched alkanes of at least 4 members (excludes halogenated alkanes) is 4. The van der Waals surface area contributed by atoms with Crippen LogP contribution in [-0.4, -0.2) is 25.4 Å². The summed E-state index contributed by atoms with van der Waals surface area (Å²) in [4.78, 5) is 0. The maximum Gasteiger partial charge on any atom is 0.0577 e. The normalized spacial score (nSPS) is 22.6. The summed E-state index contributed by atoms with van der Waals surface area (Å²) < 4.78 is 11.9. The van der Waals surface area contributed by atoms with Crippen LogP contribution < -0.4 is 0 Å². The number of rotatable bonds is 12. The molecule has 20 heavy (non-hydrogen) atoms. The first-order chi connectivity index (χ1) is 9.86. The van der Waals surface area contributed by atoms with Crippen molar-refractivity contribution in [2.45, 2.75) is 76.4 Å². The van der Waals surface area contributed by atoms with Crippen molar-refractivity contribution in [3.8, 4) is 0 Å². The zero-order chi connectivity index (χ0) is 14.5. The molecular weight excluding hydrogens is 248 g/mol. The van der Waals surface area contributed by atoms with Crippen molar-refractivity contribution in [3.05, 3.63) is 25.3 Å². The highest BCUT2D eigenvalue weighted by Crippen LogP contribution is 2.24. The van der Waals surface area contributed by atoms with Gasteiger partial charge in [0.05, 0.1) is 12.2 Å². The van der Waals surface area contributed by atoms with Crippen molar-refractivity contribution < 1.29 is 9.47 Å². The van der Waals surface area contributed by atoms with E-state index in [9.17, 15) is 0 Å². The molecule has 0 aromatic carbocycles. The van der Waals surface area contributed by atoms with E-state index in [0.717, 1.165) is 38.9 Å². The monoisotopic (exact) mass is 280 g/mol. The average Bonchev–Trinajstić information content (AvgIpc) is 2.48. The van der Waals surface area contributed by atoms with Gasteiger partial charge in [0.25, 0.3) is 0 Å². The van der Waals surface area contributed by atoms with Crippen molar-refractivity contribution in [2.24, 2.45) is 0 Å². The van der Waals surface area contributed by atoms with Gasteiger partial charge in [-0.25, -0.2) is 0 Å². The molecule has 0 aromatic heterocycles. The van der Waals surface area contributed by atoms with E-state index >= 15 is 0 Å². The Kier molecular flexibility index (Phi) is 10.6. The standard InChI is InChI=1S/C18H32O2/c1-3-5-7-9-15-19-17-11-13-18(14-12-17)20-16-10-8-6-4-2/h3-4,17-18H,1-2,5-16H2. The first kappa shape index (κ1) is 17.5. The van der Waals surface area contributed by atoms with E-state index in [-0.39, 0.29) is 0 Å². The summed E-state index contributed by atoms with van der Waals surface area (Å²) in [6, 6.07) is 0. The van der Waals surface area contributed by atoms with Crippen LogP contribution >= 0.6 is 0 Å². The fraction of sp³-hybridized carbons (Fsp3) is 0.778. The fourth-order valence-corrected chi connectivity index (χ4v) is 2.65. The van der Waals surface area contributed by atoms with Gasteiger partial charge in [-0.2, -0.15) is 0 Å². The molecule has 0 spiro atoms. The number of hydrogen-bond acceptors (Lipinski definition) is 2. The van der Waals surface area contributed by atoms with Crippen molar-refractivity contribution in [1.29, 1.82) is 0 Å². The Labute approximate surface area is 125 Å². The number of hydrogen-bond donors (Lipinski definition) is 0. The van der Waals surface area contributed by atoms with E-state index in [0.29, 0.717) is 12.2 Å². The third-order valence-electron chi connectivity index (χ3n) is 3.93. The molecule has 0 amide bonds. The topological polar surface area (TPSA) is 18.5 Å². The highest BCUT2D eigenvalue weighted by atomic mass is 16.5. The quantitative estimate of drug-likeness (QED) is 0.368. The smallest absolute Gasteiger partial charge is 0.0577 e. The Hall–Kier alpha value is -0.600. The molecule has 1 aliphatic rings. The highest BCUT2D eigenvalue weighted by Gasteiger charge is 2.21. The molecule has 0 atom stereocenters. The Morgan fingerprint density at radius 3 is 1.45 bits per heavy atom. The average molecular weight is 280 g/mol. The SMILES string of the molecule is C=CCCCCOC1CCC(OCCCCC=C)CC1. The second kappa shape index (κ2) is 12.2. The first-order valence-electron chi connectivity index (χ1n) is 8.31. The van der Waals surface area contributed by atoms with E-state index in [1.807, 2.05) is 12.2 Å². The van der Waals surface area contributed by atoms with Gasteiger partial charge in [0.2, 0.25) is 0 Å². The largest absolute Gasteiger partial charge is 0.378 e. The molecule has 0 bridgehead atoms. The molecule has 0 aromatic rings. The molecule has 0 saturated heterocycles. The van der Waals surface area contributed by atoms with Crippen LogP contribution in [0.3, 0.4) is 0 Å². The van der Waals surface area contributed by atoms with Crippen LogP contribution in [0.2, 0.25) is 0 Å². The van der Waals surface area contributed by atoms with Crippen LogP contribution in [0.1, 0.15) is 64.2 Å². The summed E-state index contributed by atoms with van der Waals surface area (Å²) >= 11 is 0. The predicted molar refractivity (Wildman–Crippen MR) is 86.0 cm³/mol. The summed E-state index contributed by atoms with van der Waals surface area (Å²) in [6.45, 7) is 9.29. The fourth-order valence-electron chi connectivity index (χ4n) is 2.65. The third kappa shape index (κ3) is 8.55. The van der Waals surface area contributed by atoms with Gasteiger partial charge in [-0.1, -0.05) is 12.2 Å². The molecule has 1 rings (SSSR count). The van der Waals surface area contributed by atoms with E-state index in [2.05, 4.69) is 13.2 Å². The molecule has 1 saturated carbocycles. The summed E-state index contributed by atoms with van der Waals surface area (Å²) in [5.74, 6) is 0. The van der Waals surface area contributed by atoms with Crippen LogP contribution in [0.25, 0.3) is 0 Å². The molecule has 116 valence electrons. The molecule has 0 unspecified atom stereocenters. The summed E-state index contributed by atoms with van der Waals surface area (Å²) in [5, 5.41) is 0. The van der Waals surface area contributed by atoms with Crippen LogP contribution in [0.15, 0.2) is 25.3 Å². The summed E-state index contributed by atoms with van der Waals surface area (Å²) in [7, 11) is 0. The second-order valence-corrected chi connectivity index (χ2v) is 5.71. The van der Waals surface area contributed by atoms with Gasteiger partial charge in [-0.15, -0.1) is 13.2 Å². The van der Waals surface area contributed by atoms with E-state index in [4.69, 9.17) is 9.47 Å². The van der Waals surface area contributed by atoms with Crippen molar-refractivity contribution in [2.75, 3.05) is 13.2 Å². The first-order valence-corrected chi connectivity index (χ1v) is 8.31. The Balaban J connectivity index is 1.94. The van der Waals surface area contributed by atoms with Gasteiger partial charge in [-0.05, 0) is 64.2 Å². The lowest BCUT2D eigenvalue weighted by molar-refractivity contribution is -0.0325. The Morgan fingerprint density at radius 2 is 1.10 bits per heavy atom. The summed E-state index contributed by atoms with van der Waals surface area (Å²) in [5.41, 5.74) is 0. The predicted octanol–water partition coefficient (Wildman–Crippen LogP) is 5.04. The maximum atomic E-state index is 5.93. The van der Waals surface area contributed by atoms with Crippen LogP contribution in [0.5, 0.6) is 0 Å². The zero-order valence-corrected chi connectivity index (χ0v) is 13.0. The lowest BCUT2D eigenvalue weighted by Crippen LogP contribution is -2.27. The molecule has 0 N–H and O–H groups in total.